The minimum atomic E-state index is -1.23. The number of fused-ring (bicyclic) bond motifs is 3. The van der Waals surface area contributed by atoms with Gasteiger partial charge in [-0.25, -0.2) is 0 Å². The van der Waals surface area contributed by atoms with Crippen LogP contribution in [-0.2, 0) is 16.0 Å². The fourth-order valence-electron chi connectivity index (χ4n) is 5.61. The topological polar surface area (TPSA) is 144 Å². The molecule has 1 heterocycles. The van der Waals surface area contributed by atoms with Crippen molar-refractivity contribution in [2.75, 3.05) is 41.0 Å². The Morgan fingerprint density at radius 2 is 1.83 bits per heavy atom. The molecule has 2 aromatic carbocycles. The van der Waals surface area contributed by atoms with Crippen LogP contribution in [0.25, 0.3) is 0 Å². The molecule has 0 fully saturated rings. The average molecular weight is 583 g/mol. The smallest absolute Gasteiger partial charge is 0.247 e. The van der Waals surface area contributed by atoms with Crippen molar-refractivity contribution >= 4 is 18.1 Å². The number of nitrogens with one attached hydrogen (secondary N) is 1. The van der Waals surface area contributed by atoms with E-state index in [1.807, 2.05) is 6.07 Å². The van der Waals surface area contributed by atoms with Crippen molar-refractivity contribution in [1.82, 2.24) is 10.2 Å². The Bertz CT molecular complexity index is 1360. The summed E-state index contributed by atoms with van der Waals surface area (Å²) in [6.45, 7) is 3.48. The van der Waals surface area contributed by atoms with Crippen molar-refractivity contribution in [3.8, 4) is 23.0 Å². The number of hydrogen-bond acceptors (Lipinski definition) is 9. The van der Waals surface area contributed by atoms with Gasteiger partial charge in [0.05, 0.1) is 39.9 Å². The van der Waals surface area contributed by atoms with E-state index < -0.39 is 36.0 Å². The molecule has 4 atom stereocenters. The minimum absolute atomic E-state index is 0.0104. The zero-order chi connectivity index (χ0) is 30.6. The summed E-state index contributed by atoms with van der Waals surface area (Å²) in [5.74, 6) is 0.0363. The number of benzene rings is 2. The Labute approximate surface area is 245 Å². The molecule has 0 radical (unpaired) electrons. The zero-order valence-corrected chi connectivity index (χ0v) is 24.5. The van der Waals surface area contributed by atoms with Gasteiger partial charge in [0.25, 0.3) is 0 Å². The summed E-state index contributed by atoms with van der Waals surface area (Å²) in [5, 5.41) is 23.8. The number of carbonyl (C=O) groups excluding carboxylic acids is 3. The van der Waals surface area contributed by atoms with E-state index in [1.54, 1.807) is 57.2 Å². The first-order chi connectivity index (χ1) is 20.2. The number of aliphatic hydroxyl groups excluding tert-OH is 2. The van der Waals surface area contributed by atoms with Crippen molar-refractivity contribution in [1.29, 1.82) is 0 Å². The van der Waals surface area contributed by atoms with Crippen LogP contribution < -0.4 is 24.3 Å². The van der Waals surface area contributed by atoms with E-state index in [4.69, 9.17) is 18.9 Å². The largest absolute Gasteiger partial charge is 0.497 e. The van der Waals surface area contributed by atoms with Gasteiger partial charge in [0.1, 0.15) is 30.0 Å². The van der Waals surface area contributed by atoms with E-state index in [0.717, 1.165) is 5.56 Å². The van der Waals surface area contributed by atoms with Crippen LogP contribution in [0.5, 0.6) is 23.0 Å². The molecule has 2 amide bonds. The highest BCUT2D eigenvalue weighted by Gasteiger charge is 2.51. The van der Waals surface area contributed by atoms with E-state index in [1.165, 1.54) is 13.2 Å². The molecule has 11 heteroatoms. The third-order valence-electron chi connectivity index (χ3n) is 7.66. The number of aliphatic hydroxyl groups is 2. The normalized spacial score (nSPS) is 20.5. The first-order valence-electron chi connectivity index (χ1n) is 13.8. The third kappa shape index (κ3) is 5.93. The van der Waals surface area contributed by atoms with Gasteiger partial charge >= 0.3 is 0 Å². The predicted octanol–water partition coefficient (Wildman–Crippen LogP) is 1.87. The molecule has 0 aromatic heterocycles. The molecule has 1 aliphatic carbocycles. The maximum atomic E-state index is 13.6. The second-order valence-electron chi connectivity index (χ2n) is 10.5. The molecular formula is C31H38N2O9. The molecule has 2 aromatic rings. The van der Waals surface area contributed by atoms with Gasteiger partial charge < -0.3 is 39.4 Å². The lowest BCUT2D eigenvalue weighted by atomic mass is 9.77. The van der Waals surface area contributed by atoms with Gasteiger partial charge in [-0.05, 0) is 48.4 Å². The van der Waals surface area contributed by atoms with Gasteiger partial charge in [-0.3, -0.25) is 14.4 Å². The highest BCUT2D eigenvalue weighted by atomic mass is 16.5. The quantitative estimate of drug-likeness (QED) is 0.320. The second-order valence-corrected chi connectivity index (χ2v) is 10.5. The van der Waals surface area contributed by atoms with E-state index >= 15 is 0 Å². The van der Waals surface area contributed by atoms with Crippen LogP contribution in [0.2, 0.25) is 0 Å². The summed E-state index contributed by atoms with van der Waals surface area (Å²) in [4.78, 5) is 40.3. The van der Waals surface area contributed by atoms with Crippen molar-refractivity contribution in [2.45, 2.75) is 44.4 Å². The molecule has 226 valence electrons. The standard InChI is InChI=1S/C31H38N2O9/c1-17(2)31(38)33(10-8-19-14-20(39-3)6-7-24(19)40-4)23-15-22(30(37)32-9-11-34)26-21-12-18(16-35)13-25(41-5)28(21)42-29(26)27(23)36/h6-7,12-17,23,26-27,29,34,36H,8-11H2,1-5H3,(H,32,37). The molecule has 1 aliphatic heterocycles. The van der Waals surface area contributed by atoms with Gasteiger partial charge in [-0.1, -0.05) is 13.8 Å². The summed E-state index contributed by atoms with van der Waals surface area (Å²) < 4.78 is 22.6. The lowest BCUT2D eigenvalue weighted by Crippen LogP contribution is -2.56. The van der Waals surface area contributed by atoms with Gasteiger partial charge in [0.2, 0.25) is 11.8 Å². The maximum Gasteiger partial charge on any atom is 0.247 e. The molecule has 42 heavy (non-hydrogen) atoms. The second kappa shape index (κ2) is 13.3. The molecule has 4 rings (SSSR count). The fourth-order valence-corrected chi connectivity index (χ4v) is 5.61. The molecule has 0 saturated heterocycles. The number of hydrogen-bond donors (Lipinski definition) is 3. The van der Waals surface area contributed by atoms with Crippen LogP contribution >= 0.6 is 0 Å². The Hall–Kier alpha value is -4.09. The Morgan fingerprint density at radius 3 is 2.45 bits per heavy atom. The van der Waals surface area contributed by atoms with Crippen LogP contribution in [0.15, 0.2) is 42.0 Å². The molecule has 4 unspecified atom stereocenters. The number of rotatable bonds is 12. The van der Waals surface area contributed by atoms with Crippen LogP contribution in [0.3, 0.4) is 0 Å². The first-order valence-corrected chi connectivity index (χ1v) is 13.8. The van der Waals surface area contributed by atoms with Gasteiger partial charge in [-0.15, -0.1) is 0 Å². The van der Waals surface area contributed by atoms with Gasteiger partial charge in [-0.2, -0.15) is 0 Å². The van der Waals surface area contributed by atoms with Crippen molar-refractivity contribution < 1.29 is 43.5 Å². The highest BCUT2D eigenvalue weighted by Crippen LogP contribution is 2.51. The number of nitrogens with zero attached hydrogens (tertiary/aromatic N) is 1. The summed E-state index contributed by atoms with van der Waals surface area (Å²) >= 11 is 0. The molecule has 0 spiro atoms. The highest BCUT2D eigenvalue weighted by molar-refractivity contribution is 5.96. The third-order valence-corrected chi connectivity index (χ3v) is 7.66. The van der Waals surface area contributed by atoms with E-state index in [9.17, 15) is 24.6 Å². The summed E-state index contributed by atoms with van der Waals surface area (Å²) in [5.41, 5.74) is 1.91. The molecule has 0 bridgehead atoms. The Kier molecular flexibility index (Phi) is 9.74. The monoisotopic (exact) mass is 582 g/mol. The number of ether oxygens (including phenoxy) is 4. The number of methoxy groups -OCH3 is 3. The molecule has 0 saturated carbocycles. The Balaban J connectivity index is 1.78. The molecule has 3 N–H and O–H groups in total. The van der Waals surface area contributed by atoms with E-state index in [2.05, 4.69) is 5.32 Å². The summed E-state index contributed by atoms with van der Waals surface area (Å²) in [6, 6.07) is 7.63. The number of amides is 2. The van der Waals surface area contributed by atoms with E-state index in [0.29, 0.717) is 46.8 Å². The predicted molar refractivity (Wildman–Crippen MR) is 153 cm³/mol. The van der Waals surface area contributed by atoms with E-state index in [-0.39, 0.29) is 31.2 Å². The zero-order valence-electron chi connectivity index (χ0n) is 24.5. The lowest BCUT2D eigenvalue weighted by Gasteiger charge is -2.41. The fraction of sp³-hybridized carbons (Fsp3) is 0.452. The van der Waals surface area contributed by atoms with Crippen molar-refractivity contribution in [3.63, 3.8) is 0 Å². The Morgan fingerprint density at radius 1 is 1.10 bits per heavy atom. The minimum Gasteiger partial charge on any atom is -0.497 e. The summed E-state index contributed by atoms with van der Waals surface area (Å²) in [6.07, 6.45) is 0.474. The van der Waals surface area contributed by atoms with Crippen LogP contribution in [0.4, 0.5) is 0 Å². The number of carbonyl (C=O) groups is 3. The molecular weight excluding hydrogens is 544 g/mol. The first kappa shape index (κ1) is 30.9. The summed E-state index contributed by atoms with van der Waals surface area (Å²) in [7, 11) is 4.57. The van der Waals surface area contributed by atoms with Gasteiger partial charge in [0, 0.05) is 35.7 Å². The van der Waals surface area contributed by atoms with Crippen LogP contribution in [0, 0.1) is 5.92 Å². The van der Waals surface area contributed by atoms with Crippen molar-refractivity contribution in [2.24, 2.45) is 5.92 Å². The lowest BCUT2D eigenvalue weighted by molar-refractivity contribution is -0.140. The number of aldehydes is 1. The van der Waals surface area contributed by atoms with Crippen molar-refractivity contribution in [3.05, 3.63) is 58.7 Å². The average Bonchev–Trinajstić information content (AvgIpc) is 3.40. The molecule has 2 aliphatic rings. The maximum absolute atomic E-state index is 13.6. The SMILES string of the molecule is COc1ccc(OC)c(CCN(C(=O)C(C)C)C2C=C(C(=O)NCCO)C3c4cc(C=O)cc(OC)c4OC3C2O)c1. The van der Waals surface area contributed by atoms with Crippen LogP contribution in [0.1, 0.15) is 41.3 Å². The molecule has 11 nitrogen and oxygen atoms in total. The van der Waals surface area contributed by atoms with Crippen LogP contribution in [-0.4, -0.2) is 92.5 Å². The van der Waals surface area contributed by atoms with Gasteiger partial charge in [0.15, 0.2) is 11.5 Å².